The van der Waals surface area contributed by atoms with Gasteiger partial charge in [-0.15, -0.1) is 0 Å². The second-order valence-corrected chi connectivity index (χ2v) is 5.11. The lowest BCUT2D eigenvalue weighted by Crippen LogP contribution is -2.42. The van der Waals surface area contributed by atoms with E-state index >= 15 is 0 Å². The smallest absolute Gasteiger partial charge is 0.394 e. The maximum atomic E-state index is 12.5. The molecular formula is C12H15ClF3NO. The predicted octanol–water partition coefficient (Wildman–Crippen LogP) is 3.22. The van der Waals surface area contributed by atoms with Crippen molar-refractivity contribution in [2.45, 2.75) is 32.1 Å². The van der Waals surface area contributed by atoms with Gasteiger partial charge in [0, 0.05) is 17.1 Å². The summed E-state index contributed by atoms with van der Waals surface area (Å²) in [6.07, 6.45) is -4.38. The van der Waals surface area contributed by atoms with E-state index in [1.807, 2.05) is 0 Å². The first kappa shape index (κ1) is 15.3. The van der Waals surface area contributed by atoms with Gasteiger partial charge in [-0.25, -0.2) is 0 Å². The number of halogens is 4. The number of rotatable bonds is 4. The third-order valence-electron chi connectivity index (χ3n) is 2.53. The molecule has 0 atom stereocenters. The number of hydrogen-bond donors (Lipinski definition) is 2. The first-order valence-corrected chi connectivity index (χ1v) is 5.75. The van der Waals surface area contributed by atoms with Gasteiger partial charge in [0.15, 0.2) is 0 Å². The van der Waals surface area contributed by atoms with E-state index in [2.05, 4.69) is 5.32 Å². The van der Waals surface area contributed by atoms with Crippen LogP contribution < -0.4 is 5.32 Å². The summed E-state index contributed by atoms with van der Waals surface area (Å²) in [6.45, 7) is 3.53. The summed E-state index contributed by atoms with van der Waals surface area (Å²) in [7, 11) is 0. The van der Waals surface area contributed by atoms with Crippen LogP contribution in [0.3, 0.4) is 0 Å². The van der Waals surface area contributed by atoms with Crippen molar-refractivity contribution in [3.8, 4) is 0 Å². The lowest BCUT2D eigenvalue weighted by atomic mass is 10.1. The second-order valence-electron chi connectivity index (χ2n) is 4.70. The molecule has 0 amide bonds. The van der Waals surface area contributed by atoms with Crippen molar-refractivity contribution in [1.82, 2.24) is 5.32 Å². The van der Waals surface area contributed by atoms with Crippen LogP contribution in [0, 0.1) is 0 Å². The van der Waals surface area contributed by atoms with E-state index in [0.717, 1.165) is 12.1 Å². The summed E-state index contributed by atoms with van der Waals surface area (Å²) in [4.78, 5) is 0. The van der Waals surface area contributed by atoms with Crippen LogP contribution in [0.25, 0.3) is 0 Å². The molecule has 0 saturated carbocycles. The van der Waals surface area contributed by atoms with Gasteiger partial charge in [-0.2, -0.15) is 13.2 Å². The monoisotopic (exact) mass is 281 g/mol. The molecule has 2 N–H and O–H groups in total. The molecule has 0 aliphatic heterocycles. The van der Waals surface area contributed by atoms with Gasteiger partial charge >= 0.3 is 6.18 Å². The zero-order valence-corrected chi connectivity index (χ0v) is 10.9. The molecule has 1 rings (SSSR count). The molecule has 6 heteroatoms. The number of aliphatic hydroxyl groups is 1. The van der Waals surface area contributed by atoms with Gasteiger partial charge < -0.3 is 10.4 Å². The van der Waals surface area contributed by atoms with Gasteiger partial charge in [-0.1, -0.05) is 11.6 Å². The van der Waals surface area contributed by atoms with Crippen LogP contribution in [-0.4, -0.2) is 17.3 Å². The van der Waals surface area contributed by atoms with Crippen LogP contribution in [0.5, 0.6) is 0 Å². The standard InChI is InChI=1S/C12H15ClF3NO/c1-11(2,7-18)17-6-8-5-9(12(14,15)16)3-4-10(8)13/h3-5,17-18H,6-7H2,1-2H3. The van der Waals surface area contributed by atoms with Crippen molar-refractivity contribution in [1.29, 1.82) is 0 Å². The third kappa shape index (κ3) is 4.15. The Morgan fingerprint density at radius 2 is 1.89 bits per heavy atom. The van der Waals surface area contributed by atoms with Crippen molar-refractivity contribution in [2.24, 2.45) is 0 Å². The molecule has 0 heterocycles. The molecule has 0 bridgehead atoms. The van der Waals surface area contributed by atoms with Crippen LogP contribution in [0.1, 0.15) is 25.0 Å². The minimum atomic E-state index is -4.38. The van der Waals surface area contributed by atoms with Gasteiger partial charge in [0.05, 0.1) is 12.2 Å². The minimum Gasteiger partial charge on any atom is -0.394 e. The van der Waals surface area contributed by atoms with Crippen LogP contribution in [-0.2, 0) is 12.7 Å². The topological polar surface area (TPSA) is 32.3 Å². The van der Waals surface area contributed by atoms with Gasteiger partial charge in [-0.05, 0) is 37.6 Å². The maximum absolute atomic E-state index is 12.5. The fraction of sp³-hybridized carbons (Fsp3) is 0.500. The summed E-state index contributed by atoms with van der Waals surface area (Å²) in [5.41, 5.74) is -0.948. The van der Waals surface area contributed by atoms with Gasteiger partial charge in [0.25, 0.3) is 0 Å². The average Bonchev–Trinajstić information content (AvgIpc) is 2.26. The molecule has 0 unspecified atom stereocenters. The number of aliphatic hydroxyl groups excluding tert-OH is 1. The zero-order chi connectivity index (χ0) is 14.0. The normalized spacial score (nSPS) is 12.8. The zero-order valence-electron chi connectivity index (χ0n) is 10.1. The Kier molecular flexibility index (Phi) is 4.64. The first-order valence-electron chi connectivity index (χ1n) is 5.37. The number of nitrogens with one attached hydrogen (secondary N) is 1. The van der Waals surface area contributed by atoms with E-state index in [0.29, 0.717) is 5.56 Å². The van der Waals surface area contributed by atoms with E-state index in [1.54, 1.807) is 13.8 Å². The van der Waals surface area contributed by atoms with E-state index in [9.17, 15) is 13.2 Å². The molecule has 2 nitrogen and oxygen atoms in total. The van der Waals surface area contributed by atoms with Crippen LogP contribution in [0.4, 0.5) is 13.2 Å². The number of hydrogen-bond acceptors (Lipinski definition) is 2. The Labute approximate surface area is 109 Å². The van der Waals surface area contributed by atoms with Crippen molar-refractivity contribution in [2.75, 3.05) is 6.61 Å². The molecule has 0 fully saturated rings. The molecule has 1 aromatic rings. The summed E-state index contributed by atoms with van der Waals surface area (Å²) in [6, 6.07) is 3.19. The predicted molar refractivity (Wildman–Crippen MR) is 64.5 cm³/mol. The highest BCUT2D eigenvalue weighted by Gasteiger charge is 2.31. The fourth-order valence-electron chi connectivity index (χ4n) is 1.28. The molecule has 102 valence electrons. The number of benzene rings is 1. The highest BCUT2D eigenvalue weighted by atomic mass is 35.5. The molecule has 0 spiro atoms. The Bertz CT molecular complexity index is 418. The van der Waals surface area contributed by atoms with Gasteiger partial charge in [-0.3, -0.25) is 0 Å². The number of alkyl halides is 3. The van der Waals surface area contributed by atoms with Crippen molar-refractivity contribution in [3.05, 3.63) is 34.3 Å². The molecule has 18 heavy (non-hydrogen) atoms. The summed E-state index contributed by atoms with van der Waals surface area (Å²) >= 11 is 5.85. The Morgan fingerprint density at radius 3 is 2.39 bits per heavy atom. The summed E-state index contributed by atoms with van der Waals surface area (Å²) in [5.74, 6) is 0. The van der Waals surface area contributed by atoms with E-state index in [-0.39, 0.29) is 18.2 Å². The Morgan fingerprint density at radius 1 is 1.28 bits per heavy atom. The van der Waals surface area contributed by atoms with Crippen molar-refractivity contribution < 1.29 is 18.3 Å². The van der Waals surface area contributed by atoms with E-state index in [4.69, 9.17) is 16.7 Å². The van der Waals surface area contributed by atoms with Crippen LogP contribution >= 0.6 is 11.6 Å². The minimum absolute atomic E-state index is 0.121. The Balaban J connectivity index is 2.89. The highest BCUT2D eigenvalue weighted by Crippen LogP contribution is 2.31. The average molecular weight is 282 g/mol. The highest BCUT2D eigenvalue weighted by molar-refractivity contribution is 6.31. The quantitative estimate of drug-likeness (QED) is 0.888. The van der Waals surface area contributed by atoms with Gasteiger partial charge in [0.2, 0.25) is 0 Å². The first-order chi connectivity index (χ1) is 8.15. The molecule has 0 saturated heterocycles. The summed E-state index contributed by atoms with van der Waals surface area (Å²) < 4.78 is 37.6. The van der Waals surface area contributed by atoms with Crippen LogP contribution in [0.15, 0.2) is 18.2 Å². The fourth-order valence-corrected chi connectivity index (χ4v) is 1.46. The SMILES string of the molecule is CC(C)(CO)NCc1cc(C(F)(F)F)ccc1Cl. The van der Waals surface area contributed by atoms with E-state index in [1.165, 1.54) is 6.07 Å². The molecule has 0 radical (unpaired) electrons. The largest absolute Gasteiger partial charge is 0.416 e. The maximum Gasteiger partial charge on any atom is 0.416 e. The molecule has 0 aliphatic rings. The van der Waals surface area contributed by atoms with Crippen molar-refractivity contribution >= 4 is 11.6 Å². The molecule has 1 aromatic carbocycles. The molecular weight excluding hydrogens is 267 g/mol. The van der Waals surface area contributed by atoms with Crippen molar-refractivity contribution in [3.63, 3.8) is 0 Å². The third-order valence-corrected chi connectivity index (χ3v) is 2.89. The molecule has 0 aromatic heterocycles. The van der Waals surface area contributed by atoms with E-state index < -0.39 is 17.3 Å². The van der Waals surface area contributed by atoms with Gasteiger partial charge in [0.1, 0.15) is 0 Å². The molecule has 0 aliphatic carbocycles. The van der Waals surface area contributed by atoms with Crippen LogP contribution in [0.2, 0.25) is 5.02 Å². The lowest BCUT2D eigenvalue weighted by Gasteiger charge is -2.24. The lowest BCUT2D eigenvalue weighted by molar-refractivity contribution is -0.137. The second kappa shape index (κ2) is 5.47. The Hall–Kier alpha value is -0.780. The summed E-state index contributed by atoms with van der Waals surface area (Å²) in [5, 5.41) is 12.3.